The van der Waals surface area contributed by atoms with E-state index >= 15 is 0 Å². The molecular weight excluding hydrogens is 276 g/mol. The van der Waals surface area contributed by atoms with Gasteiger partial charge in [-0.05, 0) is 19.3 Å². The lowest BCUT2D eigenvalue weighted by Crippen LogP contribution is -2.49. The first-order chi connectivity index (χ1) is 10.2. The molecule has 1 saturated heterocycles. The van der Waals surface area contributed by atoms with Crippen molar-refractivity contribution in [2.24, 2.45) is 0 Å². The van der Waals surface area contributed by atoms with Gasteiger partial charge in [0.15, 0.2) is 0 Å². The Bertz CT molecular complexity index is 273. The summed E-state index contributed by atoms with van der Waals surface area (Å²) in [4.78, 5) is 0. The summed E-state index contributed by atoms with van der Waals surface area (Å²) in [5.74, 6) is 0. The smallest absolute Gasteiger partial charge is 0.109 e. The SMILES string of the molecule is C=CCCOCCOCCC[C@@H]1C[C@@H](O)[C@@H](O)[C@@H](CO)O1. The van der Waals surface area contributed by atoms with Gasteiger partial charge in [0.1, 0.15) is 12.2 Å². The monoisotopic (exact) mass is 304 g/mol. The van der Waals surface area contributed by atoms with Gasteiger partial charge in [0.05, 0.1) is 38.6 Å². The third-order valence-corrected chi connectivity index (χ3v) is 3.48. The van der Waals surface area contributed by atoms with Gasteiger partial charge < -0.3 is 29.5 Å². The highest BCUT2D eigenvalue weighted by Gasteiger charge is 2.35. The van der Waals surface area contributed by atoms with Gasteiger partial charge in [0.2, 0.25) is 0 Å². The Morgan fingerprint density at radius 3 is 2.52 bits per heavy atom. The summed E-state index contributed by atoms with van der Waals surface area (Å²) in [5.41, 5.74) is 0. The van der Waals surface area contributed by atoms with Crippen LogP contribution in [0.25, 0.3) is 0 Å². The van der Waals surface area contributed by atoms with Crippen LogP contribution in [0.4, 0.5) is 0 Å². The van der Waals surface area contributed by atoms with Crippen molar-refractivity contribution in [1.82, 2.24) is 0 Å². The van der Waals surface area contributed by atoms with Gasteiger partial charge in [0, 0.05) is 13.0 Å². The molecule has 1 aliphatic heterocycles. The first-order valence-electron chi connectivity index (χ1n) is 7.57. The summed E-state index contributed by atoms with van der Waals surface area (Å²) in [6.07, 6.45) is 1.91. The average molecular weight is 304 g/mol. The molecule has 6 heteroatoms. The van der Waals surface area contributed by atoms with E-state index in [0.29, 0.717) is 32.8 Å². The van der Waals surface area contributed by atoms with Gasteiger partial charge in [-0.2, -0.15) is 0 Å². The topological polar surface area (TPSA) is 88.4 Å². The normalized spacial score (nSPS) is 29.5. The standard InChI is InChI=1S/C15H28O6/c1-2-3-6-19-8-9-20-7-4-5-12-10-13(17)15(18)14(11-16)21-12/h2,12-18H,1,3-11H2/t12-,13-,14-,15-/m1/s1. The van der Waals surface area contributed by atoms with E-state index in [1.165, 1.54) is 0 Å². The van der Waals surface area contributed by atoms with Crippen LogP contribution in [0.1, 0.15) is 25.7 Å². The van der Waals surface area contributed by atoms with Crippen LogP contribution < -0.4 is 0 Å². The molecule has 6 nitrogen and oxygen atoms in total. The van der Waals surface area contributed by atoms with E-state index in [1.54, 1.807) is 0 Å². The Balaban J connectivity index is 2.01. The molecule has 0 aromatic heterocycles. The van der Waals surface area contributed by atoms with Crippen LogP contribution in [0.15, 0.2) is 12.7 Å². The number of ether oxygens (including phenoxy) is 3. The number of hydrogen-bond acceptors (Lipinski definition) is 6. The zero-order chi connectivity index (χ0) is 15.5. The molecule has 0 amide bonds. The van der Waals surface area contributed by atoms with E-state index in [2.05, 4.69) is 6.58 Å². The number of hydrogen-bond donors (Lipinski definition) is 3. The van der Waals surface area contributed by atoms with E-state index in [9.17, 15) is 10.2 Å². The molecule has 0 bridgehead atoms. The van der Waals surface area contributed by atoms with Gasteiger partial charge in [-0.25, -0.2) is 0 Å². The van der Waals surface area contributed by atoms with Crippen molar-refractivity contribution < 1.29 is 29.5 Å². The lowest BCUT2D eigenvalue weighted by Gasteiger charge is -2.36. The van der Waals surface area contributed by atoms with Crippen LogP contribution >= 0.6 is 0 Å². The summed E-state index contributed by atoms with van der Waals surface area (Å²) >= 11 is 0. The molecule has 0 aromatic carbocycles. The van der Waals surface area contributed by atoms with Crippen molar-refractivity contribution in [1.29, 1.82) is 0 Å². The maximum atomic E-state index is 9.70. The second-order valence-corrected chi connectivity index (χ2v) is 5.22. The quantitative estimate of drug-likeness (QED) is 0.374. The molecule has 0 aromatic rings. The summed E-state index contributed by atoms with van der Waals surface area (Å²) in [6, 6.07) is 0. The van der Waals surface area contributed by atoms with Crippen molar-refractivity contribution >= 4 is 0 Å². The zero-order valence-electron chi connectivity index (χ0n) is 12.5. The Hall–Kier alpha value is -0.500. The van der Waals surface area contributed by atoms with Gasteiger partial charge in [-0.15, -0.1) is 6.58 Å². The fourth-order valence-corrected chi connectivity index (χ4v) is 2.28. The Kier molecular flexibility index (Phi) is 9.82. The van der Waals surface area contributed by atoms with Crippen molar-refractivity contribution in [2.75, 3.05) is 33.0 Å². The van der Waals surface area contributed by atoms with E-state index in [1.807, 2.05) is 6.08 Å². The molecular formula is C15H28O6. The molecule has 4 atom stereocenters. The van der Waals surface area contributed by atoms with Crippen LogP contribution in [0.5, 0.6) is 0 Å². The largest absolute Gasteiger partial charge is 0.394 e. The van der Waals surface area contributed by atoms with E-state index in [4.69, 9.17) is 19.3 Å². The Morgan fingerprint density at radius 1 is 1.14 bits per heavy atom. The summed E-state index contributed by atoms with van der Waals surface area (Å²) in [5, 5.41) is 28.4. The average Bonchev–Trinajstić information content (AvgIpc) is 2.48. The van der Waals surface area contributed by atoms with Crippen LogP contribution in [0.2, 0.25) is 0 Å². The third kappa shape index (κ3) is 7.35. The molecule has 3 N–H and O–H groups in total. The number of aliphatic hydroxyl groups excluding tert-OH is 3. The molecule has 0 saturated carbocycles. The Morgan fingerprint density at radius 2 is 1.86 bits per heavy atom. The fourth-order valence-electron chi connectivity index (χ4n) is 2.28. The van der Waals surface area contributed by atoms with Crippen molar-refractivity contribution in [3.8, 4) is 0 Å². The zero-order valence-corrected chi connectivity index (χ0v) is 12.5. The minimum absolute atomic E-state index is 0.145. The van der Waals surface area contributed by atoms with Crippen molar-refractivity contribution in [2.45, 2.75) is 50.1 Å². The number of aliphatic hydroxyl groups is 3. The van der Waals surface area contributed by atoms with Crippen molar-refractivity contribution in [3.05, 3.63) is 12.7 Å². The molecule has 1 rings (SSSR count). The predicted molar refractivity (Wildman–Crippen MR) is 78.1 cm³/mol. The fraction of sp³-hybridized carbons (Fsp3) is 0.867. The maximum Gasteiger partial charge on any atom is 0.109 e. The molecule has 1 heterocycles. The van der Waals surface area contributed by atoms with E-state index in [0.717, 1.165) is 19.3 Å². The van der Waals surface area contributed by atoms with E-state index in [-0.39, 0.29) is 12.7 Å². The summed E-state index contributed by atoms with van der Waals surface area (Å²) in [7, 11) is 0. The molecule has 0 spiro atoms. The second-order valence-electron chi connectivity index (χ2n) is 5.22. The minimum Gasteiger partial charge on any atom is -0.394 e. The van der Waals surface area contributed by atoms with Gasteiger partial charge >= 0.3 is 0 Å². The highest BCUT2D eigenvalue weighted by Crippen LogP contribution is 2.23. The highest BCUT2D eigenvalue weighted by molar-refractivity contribution is 4.84. The maximum absolute atomic E-state index is 9.70. The van der Waals surface area contributed by atoms with Crippen LogP contribution in [0, 0.1) is 0 Å². The molecule has 1 fully saturated rings. The minimum atomic E-state index is -1.00. The molecule has 124 valence electrons. The highest BCUT2D eigenvalue weighted by atomic mass is 16.5. The molecule has 0 aliphatic carbocycles. The molecule has 0 unspecified atom stereocenters. The van der Waals surface area contributed by atoms with Crippen LogP contribution in [-0.2, 0) is 14.2 Å². The van der Waals surface area contributed by atoms with Crippen LogP contribution in [-0.4, -0.2) is 72.8 Å². The van der Waals surface area contributed by atoms with Gasteiger partial charge in [-0.1, -0.05) is 6.08 Å². The first-order valence-corrected chi connectivity index (χ1v) is 7.57. The molecule has 21 heavy (non-hydrogen) atoms. The summed E-state index contributed by atoms with van der Waals surface area (Å²) < 4.78 is 16.3. The number of rotatable bonds is 11. The van der Waals surface area contributed by atoms with Gasteiger partial charge in [0.25, 0.3) is 0 Å². The lowest BCUT2D eigenvalue weighted by molar-refractivity contribution is -0.181. The lowest BCUT2D eigenvalue weighted by atomic mass is 9.96. The van der Waals surface area contributed by atoms with Crippen molar-refractivity contribution in [3.63, 3.8) is 0 Å². The third-order valence-electron chi connectivity index (χ3n) is 3.48. The Labute approximate surface area is 126 Å². The first kappa shape index (κ1) is 18.5. The predicted octanol–water partition coefficient (Wildman–Crippen LogP) is 0.247. The second kappa shape index (κ2) is 11.1. The van der Waals surface area contributed by atoms with Gasteiger partial charge in [-0.3, -0.25) is 0 Å². The van der Waals surface area contributed by atoms with E-state index < -0.39 is 18.3 Å². The van der Waals surface area contributed by atoms with Crippen LogP contribution in [0.3, 0.4) is 0 Å². The molecule has 0 radical (unpaired) electrons. The summed E-state index contributed by atoms with van der Waals surface area (Å²) in [6.45, 7) is 5.74. The molecule has 1 aliphatic rings.